The molecule has 0 heterocycles. The smallest absolute Gasteiger partial charge is 0.242 e. The molecule has 2 amide bonds. The Kier molecular flexibility index (Phi) is 11.3. The van der Waals surface area contributed by atoms with E-state index in [0.717, 1.165) is 23.8 Å². The zero-order chi connectivity index (χ0) is 27.9. The second-order valence-corrected chi connectivity index (χ2v) is 12.2. The van der Waals surface area contributed by atoms with Gasteiger partial charge in [0.2, 0.25) is 21.8 Å². The first-order valence-electron chi connectivity index (χ1n) is 12.3. The van der Waals surface area contributed by atoms with Crippen molar-refractivity contribution in [2.75, 3.05) is 17.1 Å². The summed E-state index contributed by atoms with van der Waals surface area (Å²) in [6.45, 7) is 9.61. The molecule has 10 heteroatoms. The zero-order valence-electron chi connectivity index (χ0n) is 22.3. The number of hydrogen-bond acceptors (Lipinski definition) is 4. The predicted octanol–water partition coefficient (Wildman–Crippen LogP) is 5.49. The standard InChI is InChI=1S/C27H37Cl2N3O4S/c1-7-19(3)30-27(34)21(5)31(17-22-13-14-23(28)16-24(22)29)26(33)12-9-15-32(37(6,35)36)25-11-8-10-18(2)20(25)4/h8,10-11,13-14,16,19,21H,7,9,12,15,17H2,1-6H3,(H,30,34)/t19-,21-/m1/s1. The van der Waals surface area contributed by atoms with Crippen LogP contribution in [0.1, 0.15) is 56.7 Å². The molecule has 0 aliphatic carbocycles. The number of nitrogens with zero attached hydrogens (tertiary/aromatic N) is 2. The van der Waals surface area contributed by atoms with Crippen LogP contribution in [0.5, 0.6) is 0 Å². The Morgan fingerprint density at radius 2 is 1.76 bits per heavy atom. The molecular formula is C27H37Cl2N3O4S. The second kappa shape index (κ2) is 13.5. The Balaban J connectivity index is 2.25. The van der Waals surface area contributed by atoms with Crippen molar-refractivity contribution in [3.8, 4) is 0 Å². The highest BCUT2D eigenvalue weighted by Crippen LogP contribution is 2.26. The van der Waals surface area contributed by atoms with Gasteiger partial charge in [0.25, 0.3) is 0 Å². The first-order valence-corrected chi connectivity index (χ1v) is 14.9. The van der Waals surface area contributed by atoms with E-state index >= 15 is 0 Å². The summed E-state index contributed by atoms with van der Waals surface area (Å²) in [5.41, 5.74) is 3.11. The molecule has 0 aromatic heterocycles. The SMILES string of the molecule is CC[C@@H](C)NC(=O)[C@@H](C)N(Cc1ccc(Cl)cc1Cl)C(=O)CCCN(c1cccc(C)c1C)S(C)(=O)=O. The van der Waals surface area contributed by atoms with Gasteiger partial charge in [-0.3, -0.25) is 13.9 Å². The maximum Gasteiger partial charge on any atom is 0.242 e. The van der Waals surface area contributed by atoms with Crippen molar-refractivity contribution in [3.05, 3.63) is 63.1 Å². The summed E-state index contributed by atoms with van der Waals surface area (Å²) in [6.07, 6.45) is 2.26. The van der Waals surface area contributed by atoms with Crippen LogP contribution in [0.3, 0.4) is 0 Å². The summed E-state index contributed by atoms with van der Waals surface area (Å²) in [6, 6.07) is 9.73. The molecule has 2 aromatic rings. The summed E-state index contributed by atoms with van der Waals surface area (Å²) in [4.78, 5) is 27.8. The summed E-state index contributed by atoms with van der Waals surface area (Å²) >= 11 is 12.4. The lowest BCUT2D eigenvalue weighted by atomic mass is 10.1. The molecule has 2 aromatic carbocycles. The van der Waals surface area contributed by atoms with Gasteiger partial charge < -0.3 is 10.2 Å². The van der Waals surface area contributed by atoms with Crippen molar-refractivity contribution in [1.29, 1.82) is 0 Å². The van der Waals surface area contributed by atoms with E-state index in [2.05, 4.69) is 5.32 Å². The summed E-state index contributed by atoms with van der Waals surface area (Å²) in [5.74, 6) is -0.534. The van der Waals surface area contributed by atoms with Crippen LogP contribution in [-0.4, -0.2) is 50.0 Å². The van der Waals surface area contributed by atoms with Crippen LogP contribution in [-0.2, 0) is 26.2 Å². The van der Waals surface area contributed by atoms with Gasteiger partial charge in [-0.25, -0.2) is 8.42 Å². The van der Waals surface area contributed by atoms with Crippen molar-refractivity contribution >= 4 is 50.7 Å². The first kappa shape index (κ1) is 30.9. The number of nitrogens with one attached hydrogen (secondary N) is 1. The number of aryl methyl sites for hydroxylation is 1. The van der Waals surface area contributed by atoms with Gasteiger partial charge in [0.1, 0.15) is 6.04 Å². The van der Waals surface area contributed by atoms with E-state index in [9.17, 15) is 18.0 Å². The number of amides is 2. The molecule has 0 aliphatic heterocycles. The Hall–Kier alpha value is -2.29. The number of carbonyl (C=O) groups is 2. The van der Waals surface area contributed by atoms with Crippen LogP contribution >= 0.6 is 23.2 Å². The highest BCUT2D eigenvalue weighted by atomic mass is 35.5. The van der Waals surface area contributed by atoms with Crippen LogP contribution in [0.15, 0.2) is 36.4 Å². The van der Waals surface area contributed by atoms with Crippen LogP contribution in [0, 0.1) is 13.8 Å². The molecule has 0 saturated heterocycles. The van der Waals surface area contributed by atoms with Gasteiger partial charge >= 0.3 is 0 Å². The zero-order valence-corrected chi connectivity index (χ0v) is 24.7. The molecule has 0 spiro atoms. The normalized spacial score (nSPS) is 13.1. The minimum atomic E-state index is -3.57. The third-order valence-electron chi connectivity index (χ3n) is 6.52. The van der Waals surface area contributed by atoms with E-state index in [4.69, 9.17) is 23.2 Å². The van der Waals surface area contributed by atoms with Gasteiger partial charge in [-0.1, -0.05) is 48.3 Å². The fraction of sp³-hybridized carbons (Fsp3) is 0.481. The largest absolute Gasteiger partial charge is 0.352 e. The molecule has 0 fully saturated rings. The average molecular weight is 571 g/mol. The topological polar surface area (TPSA) is 86.8 Å². The predicted molar refractivity (Wildman–Crippen MR) is 152 cm³/mol. The minimum absolute atomic E-state index is 0.0353. The third-order valence-corrected chi connectivity index (χ3v) is 8.29. The van der Waals surface area contributed by atoms with Crippen molar-refractivity contribution in [2.45, 2.75) is 72.5 Å². The molecule has 37 heavy (non-hydrogen) atoms. The van der Waals surface area contributed by atoms with Gasteiger partial charge in [-0.2, -0.15) is 0 Å². The Labute approximate surface area is 231 Å². The molecule has 1 N–H and O–H groups in total. The van der Waals surface area contributed by atoms with Crippen LogP contribution in [0.2, 0.25) is 10.0 Å². The molecular weight excluding hydrogens is 533 g/mol. The van der Waals surface area contributed by atoms with Crippen molar-refractivity contribution in [1.82, 2.24) is 10.2 Å². The van der Waals surface area contributed by atoms with Crippen LogP contribution in [0.4, 0.5) is 5.69 Å². The van der Waals surface area contributed by atoms with Gasteiger partial charge in [0, 0.05) is 35.6 Å². The summed E-state index contributed by atoms with van der Waals surface area (Å²) in [7, 11) is -3.57. The number of carbonyl (C=O) groups excluding carboxylic acids is 2. The fourth-order valence-corrected chi connectivity index (χ4v) is 5.35. The maximum absolute atomic E-state index is 13.4. The van der Waals surface area contributed by atoms with Crippen LogP contribution in [0.25, 0.3) is 0 Å². The molecule has 0 unspecified atom stereocenters. The Bertz CT molecular complexity index is 1220. The van der Waals surface area contributed by atoms with E-state index < -0.39 is 16.1 Å². The quantitative estimate of drug-likeness (QED) is 0.366. The monoisotopic (exact) mass is 569 g/mol. The lowest BCUT2D eigenvalue weighted by molar-refractivity contribution is -0.140. The van der Waals surface area contributed by atoms with Gasteiger partial charge in [0.15, 0.2) is 0 Å². The first-order chi connectivity index (χ1) is 17.3. The van der Waals surface area contributed by atoms with E-state index in [0.29, 0.717) is 21.3 Å². The molecule has 204 valence electrons. The molecule has 2 rings (SSSR count). The van der Waals surface area contributed by atoms with E-state index in [1.807, 2.05) is 39.8 Å². The highest BCUT2D eigenvalue weighted by molar-refractivity contribution is 7.92. The second-order valence-electron chi connectivity index (χ2n) is 9.41. The number of benzene rings is 2. The molecule has 0 radical (unpaired) electrons. The number of rotatable bonds is 12. The Morgan fingerprint density at radius 1 is 1.08 bits per heavy atom. The molecule has 2 atom stereocenters. The summed E-state index contributed by atoms with van der Waals surface area (Å²) in [5, 5.41) is 3.80. The molecule has 7 nitrogen and oxygen atoms in total. The number of anilines is 1. The maximum atomic E-state index is 13.4. The molecule has 0 aliphatic rings. The van der Waals surface area contributed by atoms with Gasteiger partial charge in [-0.05, 0) is 75.4 Å². The number of sulfonamides is 1. The average Bonchev–Trinajstić information content (AvgIpc) is 2.82. The minimum Gasteiger partial charge on any atom is -0.352 e. The highest BCUT2D eigenvalue weighted by Gasteiger charge is 2.28. The van der Waals surface area contributed by atoms with Crippen LogP contribution < -0.4 is 9.62 Å². The molecule has 0 bridgehead atoms. The number of hydrogen-bond donors (Lipinski definition) is 1. The fourth-order valence-electron chi connectivity index (χ4n) is 3.87. The van der Waals surface area contributed by atoms with E-state index in [1.54, 1.807) is 31.2 Å². The lowest BCUT2D eigenvalue weighted by Crippen LogP contribution is -2.49. The number of halogens is 2. The van der Waals surface area contributed by atoms with Gasteiger partial charge in [0.05, 0.1) is 11.9 Å². The third kappa shape index (κ3) is 8.62. The van der Waals surface area contributed by atoms with Gasteiger partial charge in [-0.15, -0.1) is 0 Å². The van der Waals surface area contributed by atoms with Crippen molar-refractivity contribution in [3.63, 3.8) is 0 Å². The molecule has 0 saturated carbocycles. The van der Waals surface area contributed by atoms with Crippen molar-refractivity contribution in [2.24, 2.45) is 0 Å². The lowest BCUT2D eigenvalue weighted by Gasteiger charge is -2.30. The Morgan fingerprint density at radius 3 is 2.35 bits per heavy atom. The van der Waals surface area contributed by atoms with E-state index in [1.165, 1.54) is 9.21 Å². The van der Waals surface area contributed by atoms with Crippen molar-refractivity contribution < 1.29 is 18.0 Å². The van der Waals surface area contributed by atoms with E-state index in [-0.39, 0.29) is 43.8 Å². The summed E-state index contributed by atoms with van der Waals surface area (Å²) < 4.78 is 26.5.